The van der Waals surface area contributed by atoms with Gasteiger partial charge in [-0.15, -0.1) is 0 Å². The van der Waals surface area contributed by atoms with Gasteiger partial charge in [-0.3, -0.25) is 0 Å². The predicted molar refractivity (Wildman–Crippen MR) is 80.3 cm³/mol. The van der Waals surface area contributed by atoms with Crippen molar-refractivity contribution in [1.29, 1.82) is 0 Å². The normalized spacial score (nSPS) is 15.6. The van der Waals surface area contributed by atoms with Crippen molar-refractivity contribution in [1.82, 2.24) is 24.7 Å². The molecular formula is C15H16N6. The minimum atomic E-state index is 0.515. The molecule has 6 heteroatoms. The van der Waals surface area contributed by atoms with E-state index in [9.17, 15) is 0 Å². The van der Waals surface area contributed by atoms with Crippen LogP contribution in [-0.4, -0.2) is 30.8 Å². The molecule has 0 bridgehead atoms. The van der Waals surface area contributed by atoms with Gasteiger partial charge >= 0.3 is 0 Å². The number of hydrogen-bond acceptors (Lipinski definition) is 5. The van der Waals surface area contributed by atoms with Crippen LogP contribution in [0, 0.1) is 0 Å². The van der Waals surface area contributed by atoms with Gasteiger partial charge in [0.2, 0.25) is 0 Å². The summed E-state index contributed by atoms with van der Waals surface area (Å²) in [5.41, 5.74) is 0.782. The standard InChI is InChI=1S/C15H16N6/c1-2-6-11(5-1)20-14-12-9-19-21(15(12)18-10-17-14)13-7-3-4-8-16-13/h3-4,7-11H,1-2,5-6H2,(H,17,18,20). The van der Waals surface area contributed by atoms with E-state index < -0.39 is 0 Å². The zero-order chi connectivity index (χ0) is 14.1. The summed E-state index contributed by atoms with van der Waals surface area (Å²) in [6.45, 7) is 0. The first-order valence-corrected chi connectivity index (χ1v) is 7.28. The first-order valence-electron chi connectivity index (χ1n) is 7.28. The lowest BCUT2D eigenvalue weighted by molar-refractivity contribution is 0.751. The van der Waals surface area contributed by atoms with E-state index in [0.29, 0.717) is 6.04 Å². The monoisotopic (exact) mass is 280 g/mol. The van der Waals surface area contributed by atoms with Gasteiger partial charge in [0.05, 0.1) is 11.6 Å². The summed E-state index contributed by atoms with van der Waals surface area (Å²) < 4.78 is 1.75. The molecule has 6 nitrogen and oxygen atoms in total. The minimum absolute atomic E-state index is 0.515. The molecule has 0 radical (unpaired) electrons. The summed E-state index contributed by atoms with van der Waals surface area (Å²) in [6, 6.07) is 6.26. The van der Waals surface area contributed by atoms with Gasteiger partial charge in [-0.1, -0.05) is 18.9 Å². The zero-order valence-electron chi connectivity index (χ0n) is 11.6. The molecule has 1 aliphatic carbocycles. The fourth-order valence-electron chi connectivity index (χ4n) is 2.87. The van der Waals surface area contributed by atoms with Crippen LogP contribution in [-0.2, 0) is 0 Å². The predicted octanol–water partition coefficient (Wildman–Crippen LogP) is 2.57. The van der Waals surface area contributed by atoms with Crippen LogP contribution < -0.4 is 5.32 Å². The van der Waals surface area contributed by atoms with Crippen molar-refractivity contribution in [2.75, 3.05) is 5.32 Å². The molecule has 4 rings (SSSR count). The van der Waals surface area contributed by atoms with Crippen molar-refractivity contribution in [2.24, 2.45) is 0 Å². The van der Waals surface area contributed by atoms with Gasteiger partial charge in [0.1, 0.15) is 12.1 Å². The largest absolute Gasteiger partial charge is 0.367 e. The number of fused-ring (bicyclic) bond motifs is 1. The number of hydrogen-bond donors (Lipinski definition) is 1. The van der Waals surface area contributed by atoms with E-state index >= 15 is 0 Å². The average Bonchev–Trinajstić information content (AvgIpc) is 3.18. The van der Waals surface area contributed by atoms with E-state index in [1.165, 1.54) is 25.7 Å². The summed E-state index contributed by atoms with van der Waals surface area (Å²) in [7, 11) is 0. The molecule has 106 valence electrons. The second kappa shape index (κ2) is 5.12. The maximum atomic E-state index is 4.41. The molecule has 3 aromatic rings. The molecule has 1 aliphatic rings. The number of nitrogens with zero attached hydrogens (tertiary/aromatic N) is 5. The zero-order valence-corrected chi connectivity index (χ0v) is 11.6. The van der Waals surface area contributed by atoms with Crippen LogP contribution in [0.5, 0.6) is 0 Å². The Hall–Kier alpha value is -2.50. The summed E-state index contributed by atoms with van der Waals surface area (Å²) >= 11 is 0. The van der Waals surface area contributed by atoms with Gasteiger partial charge in [-0.2, -0.15) is 9.78 Å². The number of rotatable bonds is 3. The molecule has 1 saturated carbocycles. The number of aromatic nitrogens is 5. The Kier molecular flexibility index (Phi) is 2.99. The van der Waals surface area contributed by atoms with E-state index in [1.54, 1.807) is 23.4 Å². The van der Waals surface area contributed by atoms with Crippen molar-refractivity contribution < 1.29 is 0 Å². The second-order valence-corrected chi connectivity index (χ2v) is 5.33. The molecule has 3 aromatic heterocycles. The van der Waals surface area contributed by atoms with E-state index in [2.05, 4.69) is 25.4 Å². The third-order valence-corrected chi connectivity index (χ3v) is 3.93. The molecule has 0 saturated heterocycles. The SMILES string of the molecule is c1ccc(-n2ncc3c(NC4CCCC4)ncnc32)nc1. The Labute approximate surface area is 122 Å². The topological polar surface area (TPSA) is 68.5 Å². The van der Waals surface area contributed by atoms with Gasteiger partial charge in [0, 0.05) is 12.2 Å². The van der Waals surface area contributed by atoms with Gasteiger partial charge in [0.25, 0.3) is 0 Å². The summed E-state index contributed by atoms with van der Waals surface area (Å²) in [5, 5.41) is 8.88. The number of anilines is 1. The molecule has 0 spiro atoms. The van der Waals surface area contributed by atoms with Crippen molar-refractivity contribution in [3.63, 3.8) is 0 Å². The smallest absolute Gasteiger partial charge is 0.170 e. The number of pyridine rings is 1. The van der Waals surface area contributed by atoms with Crippen LogP contribution >= 0.6 is 0 Å². The first-order chi connectivity index (χ1) is 10.4. The highest BCUT2D eigenvalue weighted by molar-refractivity contribution is 5.87. The van der Waals surface area contributed by atoms with Crippen molar-refractivity contribution in [3.05, 3.63) is 36.9 Å². The highest BCUT2D eigenvalue weighted by atomic mass is 15.3. The van der Waals surface area contributed by atoms with Crippen LogP contribution in [0.2, 0.25) is 0 Å². The second-order valence-electron chi connectivity index (χ2n) is 5.33. The van der Waals surface area contributed by atoms with Crippen molar-refractivity contribution in [2.45, 2.75) is 31.7 Å². The van der Waals surface area contributed by atoms with E-state index in [4.69, 9.17) is 0 Å². The molecule has 0 aromatic carbocycles. The number of nitrogens with one attached hydrogen (secondary N) is 1. The highest BCUT2D eigenvalue weighted by Crippen LogP contribution is 2.25. The maximum Gasteiger partial charge on any atom is 0.170 e. The van der Waals surface area contributed by atoms with Crippen molar-refractivity contribution >= 4 is 16.9 Å². The Morgan fingerprint density at radius 3 is 2.81 bits per heavy atom. The van der Waals surface area contributed by atoms with Crippen LogP contribution in [0.25, 0.3) is 16.9 Å². The van der Waals surface area contributed by atoms with Crippen LogP contribution in [0.15, 0.2) is 36.9 Å². The molecule has 0 aliphatic heterocycles. The Bertz CT molecular complexity index is 745. The Morgan fingerprint density at radius 1 is 1.10 bits per heavy atom. The molecule has 1 N–H and O–H groups in total. The average molecular weight is 280 g/mol. The lowest BCUT2D eigenvalue weighted by Gasteiger charge is -2.12. The van der Waals surface area contributed by atoms with Crippen LogP contribution in [0.3, 0.4) is 0 Å². The molecule has 0 atom stereocenters. The maximum absolute atomic E-state index is 4.41. The molecule has 0 unspecified atom stereocenters. The summed E-state index contributed by atoms with van der Waals surface area (Å²) in [6.07, 6.45) is 10.1. The van der Waals surface area contributed by atoms with Gasteiger partial charge < -0.3 is 5.32 Å². The summed E-state index contributed by atoms with van der Waals surface area (Å²) in [5.74, 6) is 1.63. The van der Waals surface area contributed by atoms with Crippen LogP contribution in [0.4, 0.5) is 5.82 Å². The van der Waals surface area contributed by atoms with E-state index in [-0.39, 0.29) is 0 Å². The highest BCUT2D eigenvalue weighted by Gasteiger charge is 2.18. The van der Waals surface area contributed by atoms with Gasteiger partial charge in [0.15, 0.2) is 11.5 Å². The quantitative estimate of drug-likeness (QED) is 0.798. The fourth-order valence-corrected chi connectivity index (χ4v) is 2.87. The minimum Gasteiger partial charge on any atom is -0.367 e. The summed E-state index contributed by atoms with van der Waals surface area (Å²) in [4.78, 5) is 13.1. The molecule has 0 amide bonds. The van der Waals surface area contributed by atoms with E-state index in [0.717, 1.165) is 22.7 Å². The van der Waals surface area contributed by atoms with Gasteiger partial charge in [-0.25, -0.2) is 15.0 Å². The van der Waals surface area contributed by atoms with Crippen LogP contribution in [0.1, 0.15) is 25.7 Å². The fraction of sp³-hybridized carbons (Fsp3) is 0.333. The molecule has 21 heavy (non-hydrogen) atoms. The first kappa shape index (κ1) is 12.3. The van der Waals surface area contributed by atoms with E-state index in [1.807, 2.05) is 18.2 Å². The third-order valence-electron chi connectivity index (χ3n) is 3.93. The third kappa shape index (κ3) is 2.22. The van der Waals surface area contributed by atoms with Gasteiger partial charge in [-0.05, 0) is 25.0 Å². The Balaban J connectivity index is 1.75. The molecule has 1 fully saturated rings. The Morgan fingerprint density at radius 2 is 2.00 bits per heavy atom. The lowest BCUT2D eigenvalue weighted by Crippen LogP contribution is -2.15. The molecule has 3 heterocycles. The lowest BCUT2D eigenvalue weighted by atomic mass is 10.2. The van der Waals surface area contributed by atoms with Crippen molar-refractivity contribution in [3.8, 4) is 5.82 Å². The molecular weight excluding hydrogens is 264 g/mol.